The summed E-state index contributed by atoms with van der Waals surface area (Å²) in [6.07, 6.45) is 1.54. The minimum atomic E-state index is -0.389. The highest BCUT2D eigenvalue weighted by Crippen LogP contribution is 2.18. The highest BCUT2D eigenvalue weighted by Gasteiger charge is 2.33. The van der Waals surface area contributed by atoms with Gasteiger partial charge in [-0.15, -0.1) is 0 Å². The predicted molar refractivity (Wildman–Crippen MR) is 115 cm³/mol. The number of ether oxygens (including phenoxy) is 1. The minimum Gasteiger partial charge on any atom is -0.492 e. The maximum Gasteiger partial charge on any atom is 0.257 e. The molecule has 1 unspecified atom stereocenters. The Morgan fingerprint density at radius 3 is 2.63 bits per heavy atom. The molecular formula is C22H31N5O3. The number of aromatic amines is 1. The third-order valence-electron chi connectivity index (χ3n) is 5.51. The molecule has 0 spiro atoms. The van der Waals surface area contributed by atoms with Crippen LogP contribution in [0.25, 0.3) is 0 Å². The highest BCUT2D eigenvalue weighted by atomic mass is 16.5. The molecule has 2 heterocycles. The first kappa shape index (κ1) is 21.8. The summed E-state index contributed by atoms with van der Waals surface area (Å²) in [5.74, 6) is 1.07. The molecule has 1 aromatic heterocycles. The Kier molecular flexibility index (Phi) is 7.10. The van der Waals surface area contributed by atoms with Gasteiger partial charge in [-0.2, -0.15) is 5.10 Å². The predicted octanol–water partition coefficient (Wildman–Crippen LogP) is 1.79. The summed E-state index contributed by atoms with van der Waals surface area (Å²) in [4.78, 5) is 29.1. The minimum absolute atomic E-state index is 0.0969. The summed E-state index contributed by atoms with van der Waals surface area (Å²) in [6, 6.07) is 7.63. The average molecular weight is 414 g/mol. The van der Waals surface area contributed by atoms with Gasteiger partial charge in [0.2, 0.25) is 5.91 Å². The second kappa shape index (κ2) is 9.75. The molecule has 1 atom stereocenters. The van der Waals surface area contributed by atoms with Crippen LogP contribution in [-0.2, 0) is 4.79 Å². The van der Waals surface area contributed by atoms with Crippen molar-refractivity contribution in [3.8, 4) is 5.75 Å². The summed E-state index contributed by atoms with van der Waals surface area (Å²) in [7, 11) is 1.90. The monoisotopic (exact) mass is 413 g/mol. The first-order valence-electron chi connectivity index (χ1n) is 10.4. The number of aryl methyl sites for hydroxylation is 1. The van der Waals surface area contributed by atoms with E-state index in [0.717, 1.165) is 11.4 Å². The van der Waals surface area contributed by atoms with Crippen LogP contribution in [0.1, 0.15) is 41.4 Å². The number of aromatic nitrogens is 2. The number of nitrogens with zero attached hydrogens (tertiary/aromatic N) is 3. The standard InChI is InChI=1S/C22H31N5O3/c1-15(2)17-5-7-18(8-6-17)30-12-9-23-21(28)20-14-27(11-10-26(20)4)22(29)19-13-24-25-16(19)3/h5-8,13,15,20H,9-12,14H2,1-4H3,(H,23,28)(H,24,25). The van der Waals surface area contributed by atoms with Gasteiger partial charge in [0.15, 0.2) is 0 Å². The maximum atomic E-state index is 12.7. The zero-order valence-electron chi connectivity index (χ0n) is 18.1. The number of nitrogens with one attached hydrogen (secondary N) is 2. The lowest BCUT2D eigenvalue weighted by atomic mass is 10.0. The molecule has 162 valence electrons. The summed E-state index contributed by atoms with van der Waals surface area (Å²) < 4.78 is 5.72. The van der Waals surface area contributed by atoms with Crippen LogP contribution in [0.3, 0.4) is 0 Å². The molecule has 3 rings (SSSR count). The van der Waals surface area contributed by atoms with Crippen molar-refractivity contribution in [2.45, 2.75) is 32.7 Å². The van der Waals surface area contributed by atoms with Crippen LogP contribution in [-0.4, -0.2) is 77.7 Å². The Bertz CT molecular complexity index is 862. The van der Waals surface area contributed by atoms with E-state index in [9.17, 15) is 9.59 Å². The van der Waals surface area contributed by atoms with E-state index in [0.29, 0.717) is 44.3 Å². The van der Waals surface area contributed by atoms with Gasteiger partial charge in [-0.25, -0.2) is 0 Å². The van der Waals surface area contributed by atoms with Crippen LogP contribution in [0.15, 0.2) is 30.5 Å². The summed E-state index contributed by atoms with van der Waals surface area (Å²) in [5.41, 5.74) is 2.55. The van der Waals surface area contributed by atoms with Crippen LogP contribution in [0, 0.1) is 6.92 Å². The van der Waals surface area contributed by atoms with Crippen molar-refractivity contribution in [1.29, 1.82) is 0 Å². The Hall–Kier alpha value is -2.87. The Labute approximate surface area is 177 Å². The fourth-order valence-electron chi connectivity index (χ4n) is 3.49. The van der Waals surface area contributed by atoms with E-state index in [1.165, 1.54) is 11.8 Å². The fraction of sp³-hybridized carbons (Fsp3) is 0.500. The van der Waals surface area contributed by atoms with Crippen molar-refractivity contribution in [3.05, 3.63) is 47.3 Å². The Morgan fingerprint density at radius 1 is 1.27 bits per heavy atom. The molecule has 8 heteroatoms. The lowest BCUT2D eigenvalue weighted by Crippen LogP contribution is -2.59. The van der Waals surface area contributed by atoms with E-state index < -0.39 is 0 Å². The molecule has 0 radical (unpaired) electrons. The SMILES string of the molecule is Cc1[nH]ncc1C(=O)N1CCN(C)C(C(=O)NCCOc2ccc(C(C)C)cc2)C1. The van der Waals surface area contributed by atoms with E-state index in [1.807, 2.05) is 31.0 Å². The van der Waals surface area contributed by atoms with Gasteiger partial charge in [0, 0.05) is 25.3 Å². The summed E-state index contributed by atoms with van der Waals surface area (Å²) in [5, 5.41) is 9.63. The molecule has 8 nitrogen and oxygen atoms in total. The molecule has 1 aliphatic heterocycles. The first-order valence-corrected chi connectivity index (χ1v) is 10.4. The molecule has 0 bridgehead atoms. The van der Waals surface area contributed by atoms with E-state index in [4.69, 9.17) is 4.74 Å². The molecule has 2 amide bonds. The molecule has 2 aromatic rings. The number of H-pyrrole nitrogens is 1. The number of carbonyl (C=O) groups is 2. The van der Waals surface area contributed by atoms with Crippen molar-refractivity contribution >= 4 is 11.8 Å². The zero-order valence-corrected chi connectivity index (χ0v) is 18.1. The number of carbonyl (C=O) groups excluding carboxylic acids is 2. The van der Waals surface area contributed by atoms with E-state index in [-0.39, 0.29) is 17.9 Å². The number of hydrogen-bond donors (Lipinski definition) is 2. The number of likely N-dealkylation sites (N-methyl/N-ethyl adjacent to an activating group) is 1. The van der Waals surface area contributed by atoms with Crippen molar-refractivity contribution in [1.82, 2.24) is 25.3 Å². The second-order valence-corrected chi connectivity index (χ2v) is 8.02. The van der Waals surface area contributed by atoms with Crippen LogP contribution in [0.5, 0.6) is 5.75 Å². The van der Waals surface area contributed by atoms with Crippen LogP contribution in [0.4, 0.5) is 0 Å². The lowest BCUT2D eigenvalue weighted by molar-refractivity contribution is -0.127. The number of piperazine rings is 1. The van der Waals surface area contributed by atoms with E-state index >= 15 is 0 Å². The van der Waals surface area contributed by atoms with Crippen molar-refractivity contribution < 1.29 is 14.3 Å². The smallest absolute Gasteiger partial charge is 0.257 e. The first-order chi connectivity index (χ1) is 14.4. The van der Waals surface area contributed by atoms with Gasteiger partial charge in [0.05, 0.1) is 18.3 Å². The molecule has 0 aliphatic carbocycles. The zero-order chi connectivity index (χ0) is 21.7. The van der Waals surface area contributed by atoms with Gasteiger partial charge >= 0.3 is 0 Å². The number of benzene rings is 1. The summed E-state index contributed by atoms with van der Waals surface area (Å²) in [6.45, 7) is 8.49. The number of rotatable bonds is 7. The van der Waals surface area contributed by atoms with Crippen molar-refractivity contribution in [3.63, 3.8) is 0 Å². The normalized spacial score (nSPS) is 17.2. The molecule has 1 aliphatic rings. The van der Waals surface area contributed by atoms with Gasteiger partial charge < -0.3 is 15.0 Å². The molecule has 1 saturated heterocycles. The number of amides is 2. The maximum absolute atomic E-state index is 12.7. The van der Waals surface area contributed by atoms with Gasteiger partial charge in [-0.3, -0.25) is 19.6 Å². The van der Waals surface area contributed by atoms with Gasteiger partial charge in [-0.05, 0) is 37.6 Å². The topological polar surface area (TPSA) is 90.6 Å². The van der Waals surface area contributed by atoms with Crippen molar-refractivity contribution in [2.75, 3.05) is 39.8 Å². The molecule has 0 saturated carbocycles. The lowest BCUT2D eigenvalue weighted by Gasteiger charge is -2.38. The Balaban J connectivity index is 1.47. The third kappa shape index (κ3) is 5.18. The van der Waals surface area contributed by atoms with Crippen LogP contribution < -0.4 is 10.1 Å². The summed E-state index contributed by atoms with van der Waals surface area (Å²) >= 11 is 0. The number of hydrogen-bond acceptors (Lipinski definition) is 5. The highest BCUT2D eigenvalue weighted by molar-refractivity contribution is 5.95. The third-order valence-corrected chi connectivity index (χ3v) is 5.51. The average Bonchev–Trinajstić information content (AvgIpc) is 3.17. The van der Waals surface area contributed by atoms with Gasteiger partial charge in [0.1, 0.15) is 18.4 Å². The van der Waals surface area contributed by atoms with Crippen LogP contribution in [0.2, 0.25) is 0 Å². The molecule has 2 N–H and O–H groups in total. The molecule has 1 fully saturated rings. The van der Waals surface area contributed by atoms with E-state index in [1.54, 1.807) is 4.90 Å². The van der Waals surface area contributed by atoms with Crippen LogP contribution >= 0.6 is 0 Å². The quantitative estimate of drug-likeness (QED) is 0.676. The second-order valence-electron chi connectivity index (χ2n) is 8.02. The van der Waals surface area contributed by atoms with Gasteiger partial charge in [-0.1, -0.05) is 26.0 Å². The molecular weight excluding hydrogens is 382 g/mol. The van der Waals surface area contributed by atoms with Crippen molar-refractivity contribution in [2.24, 2.45) is 0 Å². The molecule has 30 heavy (non-hydrogen) atoms. The Morgan fingerprint density at radius 2 is 2.00 bits per heavy atom. The molecule has 1 aromatic carbocycles. The fourth-order valence-corrected chi connectivity index (χ4v) is 3.49. The largest absolute Gasteiger partial charge is 0.492 e. The van der Waals surface area contributed by atoms with E-state index in [2.05, 4.69) is 41.5 Å². The van der Waals surface area contributed by atoms with Gasteiger partial charge in [0.25, 0.3) is 5.91 Å².